The van der Waals surface area contributed by atoms with E-state index in [1.165, 1.54) is 0 Å². The second-order valence-electron chi connectivity index (χ2n) is 2.95. The molecule has 0 amide bonds. The van der Waals surface area contributed by atoms with E-state index < -0.39 is 12.0 Å². The molecule has 0 bridgehead atoms. The first kappa shape index (κ1) is 11.3. The summed E-state index contributed by atoms with van der Waals surface area (Å²) < 4.78 is 35.3. The molecule has 0 fully saturated rings. The number of carbonyl (C=O) groups is 1. The maximum Gasteiger partial charge on any atom is 0.462 e. The summed E-state index contributed by atoms with van der Waals surface area (Å²) in [5.41, 5.74) is 1.27. The lowest BCUT2D eigenvalue weighted by Crippen LogP contribution is -2.20. The van der Waals surface area contributed by atoms with Gasteiger partial charge in [-0.05, 0) is 30.5 Å². The molecule has 1 aromatic carbocycles. The van der Waals surface area contributed by atoms with Gasteiger partial charge in [-0.25, -0.2) is 0 Å². The minimum Gasteiger partial charge on any atom is -0.275 e. The first-order valence-electron chi connectivity index (χ1n) is 4.09. The first-order valence-corrected chi connectivity index (χ1v) is 4.09. The Bertz CT molecular complexity index is 435. The SMILES string of the molecule is Cc1cccc(C#CC(=O)C(F)(F)F)c1. The first-order chi connectivity index (χ1) is 6.89. The standard InChI is InChI=1S/C11H7F3O/c1-8-3-2-4-9(7-8)5-6-10(15)11(12,13)14/h2-4,7H,1H3. The number of aryl methyl sites for hydroxylation is 1. The van der Waals surface area contributed by atoms with Crippen molar-refractivity contribution in [2.75, 3.05) is 0 Å². The second-order valence-corrected chi connectivity index (χ2v) is 2.95. The highest BCUT2D eigenvalue weighted by Crippen LogP contribution is 2.15. The average Bonchev–Trinajstić information content (AvgIpc) is 2.12. The van der Waals surface area contributed by atoms with E-state index in [9.17, 15) is 18.0 Å². The highest BCUT2D eigenvalue weighted by molar-refractivity contribution is 6.00. The number of rotatable bonds is 0. The molecule has 15 heavy (non-hydrogen) atoms. The molecule has 0 unspecified atom stereocenters. The van der Waals surface area contributed by atoms with Crippen LogP contribution in [0.25, 0.3) is 0 Å². The number of benzene rings is 1. The number of carbonyl (C=O) groups excluding carboxylic acids is 1. The molecule has 4 heteroatoms. The van der Waals surface area contributed by atoms with Crippen LogP contribution in [0.5, 0.6) is 0 Å². The summed E-state index contributed by atoms with van der Waals surface area (Å²) in [6.07, 6.45) is -4.88. The zero-order valence-corrected chi connectivity index (χ0v) is 7.85. The minimum absolute atomic E-state index is 0.396. The Kier molecular flexibility index (Phi) is 3.15. The highest BCUT2D eigenvalue weighted by Gasteiger charge is 2.37. The van der Waals surface area contributed by atoms with E-state index in [-0.39, 0.29) is 0 Å². The molecule has 0 saturated carbocycles. The van der Waals surface area contributed by atoms with Gasteiger partial charge in [0.15, 0.2) is 0 Å². The predicted octanol–water partition coefficient (Wildman–Crippen LogP) is 2.48. The monoisotopic (exact) mass is 212 g/mol. The molecule has 0 spiro atoms. The topological polar surface area (TPSA) is 17.1 Å². The van der Waals surface area contributed by atoms with E-state index in [1.807, 2.05) is 0 Å². The molecule has 0 atom stereocenters. The van der Waals surface area contributed by atoms with Gasteiger partial charge in [0, 0.05) is 5.56 Å². The van der Waals surface area contributed by atoms with Crippen molar-refractivity contribution in [2.24, 2.45) is 0 Å². The van der Waals surface area contributed by atoms with Crippen molar-refractivity contribution in [1.82, 2.24) is 0 Å². The summed E-state index contributed by atoms with van der Waals surface area (Å²) in [5.74, 6) is 1.70. The zero-order chi connectivity index (χ0) is 11.5. The lowest BCUT2D eigenvalue weighted by molar-refractivity contribution is -0.164. The van der Waals surface area contributed by atoms with Crippen molar-refractivity contribution in [1.29, 1.82) is 0 Å². The van der Waals surface area contributed by atoms with E-state index in [2.05, 4.69) is 5.92 Å². The third-order valence-corrected chi connectivity index (χ3v) is 1.60. The molecule has 0 aliphatic rings. The number of hydrogen-bond acceptors (Lipinski definition) is 1. The summed E-state index contributed by atoms with van der Waals surface area (Å²) in [7, 11) is 0. The van der Waals surface area contributed by atoms with Crippen LogP contribution in [0.1, 0.15) is 11.1 Å². The molecule has 0 saturated heterocycles. The Balaban J connectivity index is 2.88. The maximum absolute atomic E-state index is 11.8. The van der Waals surface area contributed by atoms with Crippen LogP contribution in [0.15, 0.2) is 24.3 Å². The lowest BCUT2D eigenvalue weighted by Gasteiger charge is -1.96. The van der Waals surface area contributed by atoms with E-state index in [1.54, 1.807) is 37.1 Å². The third kappa shape index (κ3) is 3.47. The largest absolute Gasteiger partial charge is 0.462 e. The fourth-order valence-electron chi connectivity index (χ4n) is 0.923. The maximum atomic E-state index is 11.8. The molecule has 1 rings (SSSR count). The second kappa shape index (κ2) is 4.18. The summed E-state index contributed by atoms with van der Waals surface area (Å²) in [4.78, 5) is 10.4. The quantitative estimate of drug-likeness (QED) is 0.604. The molecule has 0 aliphatic carbocycles. The van der Waals surface area contributed by atoms with Crippen molar-refractivity contribution >= 4 is 5.78 Å². The molecule has 0 N–H and O–H groups in total. The molecule has 0 heterocycles. The van der Waals surface area contributed by atoms with Gasteiger partial charge >= 0.3 is 12.0 Å². The molecule has 1 aromatic rings. The van der Waals surface area contributed by atoms with Crippen LogP contribution in [0.4, 0.5) is 13.2 Å². The van der Waals surface area contributed by atoms with E-state index in [0.717, 1.165) is 5.56 Å². The van der Waals surface area contributed by atoms with Crippen molar-refractivity contribution in [2.45, 2.75) is 13.1 Å². The molecule has 78 valence electrons. The van der Waals surface area contributed by atoms with Gasteiger partial charge in [0.1, 0.15) is 0 Å². The minimum atomic E-state index is -4.88. The number of halogens is 3. The number of ketones is 1. The smallest absolute Gasteiger partial charge is 0.275 e. The van der Waals surface area contributed by atoms with Gasteiger partial charge < -0.3 is 0 Å². The Labute approximate surface area is 84.9 Å². The summed E-state index contributed by atoms with van der Waals surface area (Å²) in [5, 5.41) is 0. The van der Waals surface area contributed by atoms with E-state index in [0.29, 0.717) is 5.56 Å². The number of hydrogen-bond donors (Lipinski definition) is 0. The summed E-state index contributed by atoms with van der Waals surface area (Å²) >= 11 is 0. The van der Waals surface area contributed by atoms with Gasteiger partial charge in [0.25, 0.3) is 0 Å². The molecular weight excluding hydrogens is 205 g/mol. The van der Waals surface area contributed by atoms with Crippen LogP contribution >= 0.6 is 0 Å². The zero-order valence-electron chi connectivity index (χ0n) is 7.85. The Hall–Kier alpha value is -1.76. The van der Waals surface area contributed by atoms with Crippen molar-refractivity contribution < 1.29 is 18.0 Å². The Morgan fingerprint density at radius 3 is 2.53 bits per heavy atom. The van der Waals surface area contributed by atoms with Gasteiger partial charge in [-0.2, -0.15) is 13.2 Å². The predicted molar refractivity (Wildman–Crippen MR) is 49.1 cm³/mol. The number of alkyl halides is 3. The van der Waals surface area contributed by atoms with Crippen LogP contribution < -0.4 is 0 Å². The Morgan fingerprint density at radius 1 is 1.33 bits per heavy atom. The molecule has 0 aliphatic heterocycles. The molecule has 1 nitrogen and oxygen atoms in total. The summed E-state index contributed by atoms with van der Waals surface area (Å²) in [6.45, 7) is 1.79. The lowest BCUT2D eigenvalue weighted by atomic mass is 10.1. The van der Waals surface area contributed by atoms with Crippen molar-refractivity contribution in [3.8, 4) is 11.8 Å². The van der Waals surface area contributed by atoms with Gasteiger partial charge in [-0.1, -0.05) is 18.1 Å². The van der Waals surface area contributed by atoms with Crippen LogP contribution in [-0.2, 0) is 4.79 Å². The van der Waals surface area contributed by atoms with Gasteiger partial charge in [-0.3, -0.25) is 4.79 Å². The van der Waals surface area contributed by atoms with Crippen LogP contribution in [0, 0.1) is 18.8 Å². The molecule has 0 aromatic heterocycles. The van der Waals surface area contributed by atoms with Gasteiger partial charge in [0.2, 0.25) is 0 Å². The normalized spacial score (nSPS) is 10.4. The van der Waals surface area contributed by atoms with Crippen LogP contribution in [-0.4, -0.2) is 12.0 Å². The average molecular weight is 212 g/mol. The van der Waals surface area contributed by atoms with Crippen molar-refractivity contribution in [3.05, 3.63) is 35.4 Å². The van der Waals surface area contributed by atoms with Gasteiger partial charge in [-0.15, -0.1) is 0 Å². The molecule has 0 radical (unpaired) electrons. The third-order valence-electron chi connectivity index (χ3n) is 1.60. The van der Waals surface area contributed by atoms with Crippen molar-refractivity contribution in [3.63, 3.8) is 0 Å². The van der Waals surface area contributed by atoms with Crippen LogP contribution in [0.2, 0.25) is 0 Å². The van der Waals surface area contributed by atoms with Gasteiger partial charge in [0.05, 0.1) is 0 Å². The van der Waals surface area contributed by atoms with Crippen LogP contribution in [0.3, 0.4) is 0 Å². The fraction of sp³-hybridized carbons (Fsp3) is 0.182. The Morgan fingerprint density at radius 2 is 2.00 bits per heavy atom. The van der Waals surface area contributed by atoms with E-state index >= 15 is 0 Å². The molecular formula is C11H7F3O. The fourth-order valence-corrected chi connectivity index (χ4v) is 0.923. The van der Waals surface area contributed by atoms with E-state index in [4.69, 9.17) is 0 Å². The highest BCUT2D eigenvalue weighted by atomic mass is 19.4. The summed E-state index contributed by atoms with van der Waals surface area (Å²) in [6, 6.07) is 6.61. The number of Topliss-reactive ketones (excluding diaryl/α,β-unsaturated/α-hetero) is 1.